The van der Waals surface area contributed by atoms with Crippen LogP contribution in [0.4, 0.5) is 10.1 Å². The maximum absolute atomic E-state index is 13.5. The molecule has 5 nitrogen and oxygen atoms in total. The number of methoxy groups -OCH3 is 1. The third-order valence-electron chi connectivity index (χ3n) is 2.58. The van der Waals surface area contributed by atoms with Crippen molar-refractivity contribution >= 4 is 40.7 Å². The average molecular weight is 340 g/mol. The number of esters is 1. The van der Waals surface area contributed by atoms with E-state index in [4.69, 9.17) is 0 Å². The third-order valence-corrected chi connectivity index (χ3v) is 4.72. The standard InChI is InChI=1S/C14H13FN2O3S2/c1-8-6-21-14(16-8)22-7-12(18)17-9-3-4-11(15)10(5-9)13(19)20-2/h3-6H,7H2,1-2H3,(H,17,18). The van der Waals surface area contributed by atoms with Crippen molar-refractivity contribution < 1.29 is 18.7 Å². The normalized spacial score (nSPS) is 10.3. The molecule has 2 aromatic rings. The van der Waals surface area contributed by atoms with E-state index in [0.717, 1.165) is 16.1 Å². The number of carbonyl (C=O) groups is 2. The van der Waals surface area contributed by atoms with Crippen LogP contribution in [0.15, 0.2) is 27.9 Å². The van der Waals surface area contributed by atoms with Gasteiger partial charge in [0.15, 0.2) is 4.34 Å². The van der Waals surface area contributed by atoms with E-state index >= 15 is 0 Å². The van der Waals surface area contributed by atoms with Gasteiger partial charge in [0.2, 0.25) is 5.91 Å². The lowest BCUT2D eigenvalue weighted by Gasteiger charge is -2.07. The number of halogens is 1. The maximum atomic E-state index is 13.5. The fourth-order valence-corrected chi connectivity index (χ4v) is 3.24. The van der Waals surface area contributed by atoms with Crippen LogP contribution in [-0.2, 0) is 9.53 Å². The summed E-state index contributed by atoms with van der Waals surface area (Å²) in [6.45, 7) is 1.88. The quantitative estimate of drug-likeness (QED) is 0.669. The first-order chi connectivity index (χ1) is 10.5. The van der Waals surface area contributed by atoms with E-state index in [9.17, 15) is 14.0 Å². The minimum Gasteiger partial charge on any atom is -0.465 e. The molecule has 1 amide bonds. The highest BCUT2D eigenvalue weighted by Gasteiger charge is 2.14. The summed E-state index contributed by atoms with van der Waals surface area (Å²) in [5.41, 5.74) is 1.03. The summed E-state index contributed by atoms with van der Waals surface area (Å²) >= 11 is 2.79. The van der Waals surface area contributed by atoms with E-state index in [1.807, 2.05) is 12.3 Å². The second kappa shape index (κ2) is 7.37. The molecule has 0 spiro atoms. The Morgan fingerprint density at radius 3 is 2.86 bits per heavy atom. The van der Waals surface area contributed by atoms with E-state index in [1.54, 1.807) is 0 Å². The fraction of sp³-hybridized carbons (Fsp3) is 0.214. The Hall–Kier alpha value is -1.93. The number of rotatable bonds is 5. The number of amides is 1. The van der Waals surface area contributed by atoms with E-state index < -0.39 is 11.8 Å². The van der Waals surface area contributed by atoms with Gasteiger partial charge in [-0.1, -0.05) is 11.8 Å². The number of benzene rings is 1. The van der Waals surface area contributed by atoms with Crippen LogP contribution in [0.25, 0.3) is 0 Å². The van der Waals surface area contributed by atoms with E-state index in [1.165, 1.54) is 42.3 Å². The number of thioether (sulfide) groups is 1. The Kier molecular flexibility index (Phi) is 5.51. The molecule has 0 unspecified atom stereocenters. The maximum Gasteiger partial charge on any atom is 0.340 e. The lowest BCUT2D eigenvalue weighted by atomic mass is 10.2. The first-order valence-electron chi connectivity index (χ1n) is 6.22. The fourth-order valence-electron chi connectivity index (χ4n) is 1.59. The zero-order chi connectivity index (χ0) is 16.1. The number of aromatic nitrogens is 1. The number of thiazole rings is 1. The first kappa shape index (κ1) is 16.4. The monoisotopic (exact) mass is 340 g/mol. The van der Waals surface area contributed by atoms with Crippen molar-refractivity contribution in [2.24, 2.45) is 0 Å². The van der Waals surface area contributed by atoms with Crippen molar-refractivity contribution in [2.45, 2.75) is 11.3 Å². The molecule has 22 heavy (non-hydrogen) atoms. The van der Waals surface area contributed by atoms with Crippen molar-refractivity contribution in [3.63, 3.8) is 0 Å². The number of carbonyl (C=O) groups excluding carboxylic acids is 2. The van der Waals surface area contributed by atoms with Crippen molar-refractivity contribution in [3.8, 4) is 0 Å². The van der Waals surface area contributed by atoms with Gasteiger partial charge in [-0.25, -0.2) is 14.2 Å². The Labute approximate surface area is 134 Å². The van der Waals surface area contributed by atoms with Gasteiger partial charge in [0.1, 0.15) is 5.82 Å². The predicted molar refractivity (Wildman–Crippen MR) is 83.9 cm³/mol. The summed E-state index contributed by atoms with van der Waals surface area (Å²) in [5, 5.41) is 4.51. The number of ether oxygens (including phenoxy) is 1. The molecule has 1 heterocycles. The van der Waals surface area contributed by atoms with Crippen LogP contribution in [0.1, 0.15) is 16.1 Å². The minimum atomic E-state index is -0.791. The van der Waals surface area contributed by atoms with Gasteiger partial charge in [-0.2, -0.15) is 0 Å². The predicted octanol–water partition coefficient (Wildman–Crippen LogP) is 3.11. The van der Waals surface area contributed by atoms with Gasteiger partial charge in [-0.15, -0.1) is 11.3 Å². The molecule has 0 saturated carbocycles. The van der Waals surface area contributed by atoms with E-state index in [-0.39, 0.29) is 17.2 Å². The Morgan fingerprint density at radius 1 is 1.45 bits per heavy atom. The number of nitrogens with zero attached hydrogens (tertiary/aromatic N) is 1. The first-order valence-corrected chi connectivity index (χ1v) is 8.08. The summed E-state index contributed by atoms with van der Waals surface area (Å²) in [7, 11) is 1.17. The molecule has 0 bridgehead atoms. The van der Waals surface area contributed by atoms with Crippen molar-refractivity contribution in [1.82, 2.24) is 4.98 Å². The second-order valence-corrected chi connectivity index (χ2v) is 6.36. The summed E-state index contributed by atoms with van der Waals surface area (Å²) in [5.74, 6) is -1.57. The topological polar surface area (TPSA) is 68.3 Å². The number of hydrogen-bond donors (Lipinski definition) is 1. The number of nitrogens with one attached hydrogen (secondary N) is 1. The Bertz CT molecular complexity index is 703. The number of anilines is 1. The largest absolute Gasteiger partial charge is 0.465 e. The van der Waals surface area contributed by atoms with Gasteiger partial charge in [0.25, 0.3) is 0 Å². The SMILES string of the molecule is COC(=O)c1cc(NC(=O)CSc2nc(C)cs2)ccc1F. The molecule has 1 N–H and O–H groups in total. The van der Waals surface area contributed by atoms with Gasteiger partial charge >= 0.3 is 5.97 Å². The molecule has 2 rings (SSSR count). The molecule has 0 aliphatic heterocycles. The lowest BCUT2D eigenvalue weighted by molar-refractivity contribution is -0.113. The zero-order valence-electron chi connectivity index (χ0n) is 11.9. The van der Waals surface area contributed by atoms with Crippen LogP contribution in [0.5, 0.6) is 0 Å². The van der Waals surface area contributed by atoms with Crippen LogP contribution >= 0.6 is 23.1 Å². The number of aryl methyl sites for hydroxylation is 1. The summed E-state index contributed by atoms with van der Waals surface area (Å²) < 4.78 is 18.8. The molecular weight excluding hydrogens is 327 g/mol. The van der Waals surface area contributed by atoms with Crippen LogP contribution in [-0.4, -0.2) is 29.7 Å². The van der Waals surface area contributed by atoms with Crippen molar-refractivity contribution in [2.75, 3.05) is 18.2 Å². The van der Waals surface area contributed by atoms with Crippen LogP contribution in [0.2, 0.25) is 0 Å². The van der Waals surface area contributed by atoms with Gasteiger partial charge in [0, 0.05) is 16.8 Å². The molecule has 0 aliphatic rings. The van der Waals surface area contributed by atoms with Crippen LogP contribution < -0.4 is 5.32 Å². The summed E-state index contributed by atoms with van der Waals surface area (Å²) in [4.78, 5) is 27.5. The van der Waals surface area contributed by atoms with Crippen molar-refractivity contribution in [3.05, 3.63) is 40.7 Å². The highest BCUT2D eigenvalue weighted by molar-refractivity contribution is 8.01. The van der Waals surface area contributed by atoms with Gasteiger partial charge in [0.05, 0.1) is 18.4 Å². The van der Waals surface area contributed by atoms with Crippen molar-refractivity contribution in [1.29, 1.82) is 0 Å². The molecule has 8 heteroatoms. The van der Waals surface area contributed by atoms with Crippen LogP contribution in [0.3, 0.4) is 0 Å². The molecule has 1 aromatic carbocycles. The third kappa shape index (κ3) is 4.28. The Morgan fingerprint density at radius 2 is 2.23 bits per heavy atom. The van der Waals surface area contributed by atoms with E-state index in [0.29, 0.717) is 5.69 Å². The van der Waals surface area contributed by atoms with Crippen LogP contribution in [0, 0.1) is 12.7 Å². The molecule has 0 saturated heterocycles. The van der Waals surface area contributed by atoms with Gasteiger partial charge < -0.3 is 10.1 Å². The van der Waals surface area contributed by atoms with E-state index in [2.05, 4.69) is 15.0 Å². The second-order valence-electron chi connectivity index (χ2n) is 4.28. The zero-order valence-corrected chi connectivity index (χ0v) is 13.5. The minimum absolute atomic E-state index is 0.178. The molecular formula is C14H13FN2O3S2. The molecule has 0 aliphatic carbocycles. The Balaban J connectivity index is 1.98. The summed E-state index contributed by atoms with van der Waals surface area (Å²) in [6.07, 6.45) is 0. The molecule has 116 valence electrons. The van der Waals surface area contributed by atoms with Gasteiger partial charge in [-0.05, 0) is 25.1 Å². The molecule has 0 radical (unpaired) electrons. The summed E-state index contributed by atoms with van der Waals surface area (Å²) in [6, 6.07) is 3.74. The highest BCUT2D eigenvalue weighted by atomic mass is 32.2. The molecule has 1 aromatic heterocycles. The molecule has 0 atom stereocenters. The number of hydrogen-bond acceptors (Lipinski definition) is 6. The smallest absolute Gasteiger partial charge is 0.340 e. The molecule has 0 fully saturated rings. The van der Waals surface area contributed by atoms with Gasteiger partial charge in [-0.3, -0.25) is 4.79 Å². The lowest BCUT2D eigenvalue weighted by Crippen LogP contribution is -2.15. The average Bonchev–Trinajstić information content (AvgIpc) is 2.92. The highest BCUT2D eigenvalue weighted by Crippen LogP contribution is 2.22.